The van der Waals surface area contributed by atoms with Crippen LogP contribution in [0.3, 0.4) is 0 Å². The fourth-order valence-electron chi connectivity index (χ4n) is 1.11. The average Bonchev–Trinajstić information content (AvgIpc) is 2.17. The van der Waals surface area contributed by atoms with Crippen molar-refractivity contribution in [1.82, 2.24) is 4.98 Å². The first kappa shape index (κ1) is 11.2. The van der Waals surface area contributed by atoms with E-state index >= 15 is 0 Å². The number of pyridine rings is 1. The van der Waals surface area contributed by atoms with E-state index in [0.29, 0.717) is 5.82 Å². The standard InChI is InChI=1S/C9H14N4O2/c1-2-3-6-11-8-5-4-7(13(14)15)9(10)12-8/h4-5H,2-3,6H2,1H3,(H3,10,11,12). The Morgan fingerprint density at radius 2 is 2.33 bits per heavy atom. The van der Waals surface area contributed by atoms with Crippen LogP contribution in [0.1, 0.15) is 19.8 Å². The Morgan fingerprint density at radius 1 is 1.60 bits per heavy atom. The molecule has 1 heterocycles. The van der Waals surface area contributed by atoms with Crippen LogP contribution in [0, 0.1) is 10.1 Å². The van der Waals surface area contributed by atoms with Gasteiger partial charge in [-0.25, -0.2) is 4.98 Å². The van der Waals surface area contributed by atoms with Crippen molar-refractivity contribution in [2.45, 2.75) is 19.8 Å². The highest BCUT2D eigenvalue weighted by atomic mass is 16.6. The summed E-state index contributed by atoms with van der Waals surface area (Å²) in [5.74, 6) is 0.521. The van der Waals surface area contributed by atoms with Gasteiger partial charge in [-0.2, -0.15) is 0 Å². The van der Waals surface area contributed by atoms with Crippen LogP contribution in [0.5, 0.6) is 0 Å². The molecule has 0 aliphatic rings. The van der Waals surface area contributed by atoms with Crippen molar-refractivity contribution < 1.29 is 4.92 Å². The molecule has 0 aromatic carbocycles. The number of anilines is 2. The molecule has 0 aliphatic heterocycles. The molecule has 6 nitrogen and oxygen atoms in total. The molecule has 0 amide bonds. The second kappa shape index (κ2) is 5.14. The van der Waals surface area contributed by atoms with Crippen LogP contribution >= 0.6 is 0 Å². The summed E-state index contributed by atoms with van der Waals surface area (Å²) >= 11 is 0. The molecule has 0 spiro atoms. The molecule has 1 rings (SSSR count). The molecule has 0 bridgehead atoms. The van der Waals surface area contributed by atoms with Crippen molar-refractivity contribution in [3.8, 4) is 0 Å². The number of rotatable bonds is 5. The Morgan fingerprint density at radius 3 is 2.87 bits per heavy atom. The second-order valence-corrected chi connectivity index (χ2v) is 3.14. The summed E-state index contributed by atoms with van der Waals surface area (Å²) in [4.78, 5) is 13.8. The number of nitrogens with one attached hydrogen (secondary N) is 1. The zero-order valence-corrected chi connectivity index (χ0v) is 8.56. The second-order valence-electron chi connectivity index (χ2n) is 3.14. The quantitative estimate of drug-likeness (QED) is 0.439. The zero-order valence-electron chi connectivity index (χ0n) is 8.56. The third kappa shape index (κ3) is 3.08. The fourth-order valence-corrected chi connectivity index (χ4v) is 1.11. The zero-order chi connectivity index (χ0) is 11.3. The van der Waals surface area contributed by atoms with E-state index in [2.05, 4.69) is 17.2 Å². The summed E-state index contributed by atoms with van der Waals surface area (Å²) in [6.45, 7) is 2.88. The van der Waals surface area contributed by atoms with Crippen LogP contribution in [0.15, 0.2) is 12.1 Å². The molecule has 3 N–H and O–H groups in total. The number of aromatic nitrogens is 1. The van der Waals surface area contributed by atoms with Gasteiger partial charge in [0.05, 0.1) is 4.92 Å². The van der Waals surface area contributed by atoms with Gasteiger partial charge in [0.15, 0.2) is 0 Å². The number of nitrogens with zero attached hydrogens (tertiary/aromatic N) is 2. The normalized spacial score (nSPS) is 9.93. The number of unbranched alkanes of at least 4 members (excludes halogenated alkanes) is 1. The molecule has 6 heteroatoms. The predicted octanol–water partition coefficient (Wildman–Crippen LogP) is 1.78. The van der Waals surface area contributed by atoms with E-state index in [1.807, 2.05) is 0 Å². The number of hydrogen-bond donors (Lipinski definition) is 2. The molecule has 0 saturated carbocycles. The summed E-state index contributed by atoms with van der Waals surface area (Å²) in [7, 11) is 0. The fraction of sp³-hybridized carbons (Fsp3) is 0.444. The van der Waals surface area contributed by atoms with Gasteiger partial charge in [0, 0.05) is 12.6 Å². The molecular weight excluding hydrogens is 196 g/mol. The summed E-state index contributed by atoms with van der Waals surface area (Å²) in [5.41, 5.74) is 5.28. The van der Waals surface area contributed by atoms with Crippen LogP contribution < -0.4 is 11.1 Å². The van der Waals surface area contributed by atoms with E-state index in [1.54, 1.807) is 6.07 Å². The molecule has 0 atom stereocenters. The maximum Gasteiger partial charge on any atom is 0.311 e. The summed E-state index contributed by atoms with van der Waals surface area (Å²) in [6, 6.07) is 2.92. The third-order valence-electron chi connectivity index (χ3n) is 1.94. The molecule has 1 aromatic heterocycles. The van der Waals surface area contributed by atoms with Gasteiger partial charge in [0.2, 0.25) is 5.82 Å². The first-order chi connectivity index (χ1) is 7.15. The lowest BCUT2D eigenvalue weighted by atomic mass is 10.3. The Balaban J connectivity index is 2.69. The van der Waals surface area contributed by atoms with Crippen molar-refractivity contribution in [3.05, 3.63) is 22.2 Å². The minimum Gasteiger partial charge on any atom is -0.378 e. The van der Waals surface area contributed by atoms with E-state index in [-0.39, 0.29) is 11.5 Å². The van der Waals surface area contributed by atoms with Crippen LogP contribution in [0.2, 0.25) is 0 Å². The molecule has 0 saturated heterocycles. The van der Waals surface area contributed by atoms with E-state index < -0.39 is 4.92 Å². The van der Waals surface area contributed by atoms with E-state index in [1.165, 1.54) is 6.07 Å². The summed E-state index contributed by atoms with van der Waals surface area (Å²) in [5, 5.41) is 13.5. The Hall–Kier alpha value is -1.85. The highest BCUT2D eigenvalue weighted by Gasteiger charge is 2.12. The molecule has 0 aliphatic carbocycles. The van der Waals surface area contributed by atoms with E-state index in [0.717, 1.165) is 19.4 Å². The predicted molar refractivity (Wildman–Crippen MR) is 58.7 cm³/mol. The first-order valence-electron chi connectivity index (χ1n) is 4.80. The van der Waals surface area contributed by atoms with Crippen molar-refractivity contribution in [3.63, 3.8) is 0 Å². The molecule has 82 valence electrons. The lowest BCUT2D eigenvalue weighted by Crippen LogP contribution is -2.05. The van der Waals surface area contributed by atoms with Gasteiger partial charge in [-0.1, -0.05) is 13.3 Å². The van der Waals surface area contributed by atoms with Crippen LogP contribution in [-0.2, 0) is 0 Å². The Kier molecular flexibility index (Phi) is 3.84. The largest absolute Gasteiger partial charge is 0.378 e. The molecule has 0 unspecified atom stereocenters. The van der Waals surface area contributed by atoms with Gasteiger partial charge in [-0.15, -0.1) is 0 Å². The van der Waals surface area contributed by atoms with Gasteiger partial charge in [-0.3, -0.25) is 10.1 Å². The first-order valence-corrected chi connectivity index (χ1v) is 4.80. The van der Waals surface area contributed by atoms with Crippen molar-refractivity contribution in [2.24, 2.45) is 0 Å². The minimum absolute atomic E-state index is 0.0542. The van der Waals surface area contributed by atoms with Gasteiger partial charge >= 0.3 is 5.69 Å². The van der Waals surface area contributed by atoms with Crippen molar-refractivity contribution >= 4 is 17.3 Å². The number of nitrogen functional groups attached to an aromatic ring is 1. The third-order valence-corrected chi connectivity index (χ3v) is 1.94. The van der Waals surface area contributed by atoms with Gasteiger partial charge in [0.1, 0.15) is 5.82 Å². The summed E-state index contributed by atoms with van der Waals surface area (Å²) in [6.07, 6.45) is 2.11. The highest BCUT2D eigenvalue weighted by molar-refractivity contribution is 5.57. The van der Waals surface area contributed by atoms with Crippen LogP contribution in [0.25, 0.3) is 0 Å². The van der Waals surface area contributed by atoms with Gasteiger partial charge in [-0.05, 0) is 12.5 Å². The SMILES string of the molecule is CCCCNc1ccc([N+](=O)[O-])c(N)n1. The summed E-state index contributed by atoms with van der Waals surface area (Å²) < 4.78 is 0. The monoisotopic (exact) mass is 210 g/mol. The number of hydrogen-bond acceptors (Lipinski definition) is 5. The molecule has 0 radical (unpaired) electrons. The number of nitrogens with two attached hydrogens (primary N) is 1. The van der Waals surface area contributed by atoms with Crippen LogP contribution in [0.4, 0.5) is 17.3 Å². The van der Waals surface area contributed by atoms with Crippen molar-refractivity contribution in [1.29, 1.82) is 0 Å². The maximum atomic E-state index is 10.5. The average molecular weight is 210 g/mol. The lowest BCUT2D eigenvalue weighted by molar-refractivity contribution is -0.384. The van der Waals surface area contributed by atoms with Crippen molar-refractivity contribution in [2.75, 3.05) is 17.6 Å². The molecular formula is C9H14N4O2. The maximum absolute atomic E-state index is 10.5. The van der Waals surface area contributed by atoms with Gasteiger partial charge < -0.3 is 11.1 Å². The van der Waals surface area contributed by atoms with Gasteiger partial charge in [0.25, 0.3) is 0 Å². The minimum atomic E-state index is -0.543. The molecule has 0 fully saturated rings. The Labute approximate surface area is 87.7 Å². The highest BCUT2D eigenvalue weighted by Crippen LogP contribution is 2.20. The van der Waals surface area contributed by atoms with E-state index in [9.17, 15) is 10.1 Å². The smallest absolute Gasteiger partial charge is 0.311 e. The number of nitro groups is 1. The Bertz CT molecular complexity index is 354. The molecule has 1 aromatic rings. The topological polar surface area (TPSA) is 94.1 Å². The lowest BCUT2D eigenvalue weighted by Gasteiger charge is -2.04. The van der Waals surface area contributed by atoms with E-state index in [4.69, 9.17) is 5.73 Å². The van der Waals surface area contributed by atoms with Crippen LogP contribution in [-0.4, -0.2) is 16.5 Å². The molecule has 15 heavy (non-hydrogen) atoms.